The van der Waals surface area contributed by atoms with Crippen LogP contribution in [0.25, 0.3) is 10.9 Å². The Morgan fingerprint density at radius 1 is 1.18 bits per heavy atom. The number of pyridine rings is 2. The maximum absolute atomic E-state index is 14.1. The lowest BCUT2D eigenvalue weighted by atomic mass is 10.1. The number of hydrogen-bond donors (Lipinski definition) is 1. The molecule has 1 N–H and O–H groups in total. The van der Waals surface area contributed by atoms with Crippen LogP contribution in [0.2, 0.25) is 0 Å². The van der Waals surface area contributed by atoms with E-state index in [0.29, 0.717) is 24.8 Å². The molecule has 1 aromatic carbocycles. The minimum atomic E-state index is -0.466. The Morgan fingerprint density at radius 2 is 2.07 bits per heavy atom. The molecule has 0 aliphatic carbocycles. The quantitative estimate of drug-likeness (QED) is 0.741. The van der Waals surface area contributed by atoms with E-state index in [2.05, 4.69) is 15.3 Å². The second-order valence-corrected chi connectivity index (χ2v) is 6.82. The first-order valence-corrected chi connectivity index (χ1v) is 9.14. The van der Waals surface area contributed by atoms with Crippen LogP contribution in [0.5, 0.6) is 0 Å². The molecule has 1 saturated heterocycles. The standard InChI is InChI=1S/C21H19FN4O2/c22-17-6-3-4-14-7-9-18(25-20(14)17)21(28)26(12-15-5-1-2-11-23-15)13-16-8-10-19(27)24-16/h1-7,9,11,16H,8,10,12-13H2,(H,24,27)/t16-/m0/s1. The highest BCUT2D eigenvalue weighted by Gasteiger charge is 2.27. The number of amides is 2. The molecule has 1 atom stereocenters. The summed E-state index contributed by atoms with van der Waals surface area (Å²) in [5, 5.41) is 3.52. The Balaban J connectivity index is 1.63. The van der Waals surface area contributed by atoms with Gasteiger partial charge in [0.1, 0.15) is 17.0 Å². The third kappa shape index (κ3) is 3.83. The maximum atomic E-state index is 14.1. The SMILES string of the molecule is O=C1CC[C@@H](CN(Cc2ccccn2)C(=O)c2ccc3cccc(F)c3n2)N1. The van der Waals surface area contributed by atoms with E-state index in [1.165, 1.54) is 6.07 Å². The number of halogens is 1. The molecular weight excluding hydrogens is 359 g/mol. The summed E-state index contributed by atoms with van der Waals surface area (Å²) < 4.78 is 14.1. The second kappa shape index (κ2) is 7.72. The number of nitrogens with one attached hydrogen (secondary N) is 1. The molecule has 28 heavy (non-hydrogen) atoms. The molecule has 2 aromatic heterocycles. The van der Waals surface area contributed by atoms with Gasteiger partial charge in [-0.2, -0.15) is 0 Å². The van der Waals surface area contributed by atoms with E-state index in [1.54, 1.807) is 41.4 Å². The van der Waals surface area contributed by atoms with Gasteiger partial charge in [0.05, 0.1) is 12.2 Å². The number of carbonyl (C=O) groups excluding carboxylic acids is 2. The lowest BCUT2D eigenvalue weighted by Crippen LogP contribution is -2.42. The summed E-state index contributed by atoms with van der Waals surface area (Å²) >= 11 is 0. The van der Waals surface area contributed by atoms with Gasteiger partial charge in [-0.25, -0.2) is 9.37 Å². The first-order chi connectivity index (χ1) is 13.6. The van der Waals surface area contributed by atoms with Crippen LogP contribution in [0.4, 0.5) is 4.39 Å². The molecule has 2 amide bonds. The molecule has 3 aromatic rings. The van der Waals surface area contributed by atoms with Crippen molar-refractivity contribution in [2.75, 3.05) is 6.54 Å². The molecule has 6 nitrogen and oxygen atoms in total. The van der Waals surface area contributed by atoms with E-state index >= 15 is 0 Å². The Kier molecular flexibility index (Phi) is 4.97. The predicted molar refractivity (Wildman–Crippen MR) is 102 cm³/mol. The largest absolute Gasteiger partial charge is 0.352 e. The summed E-state index contributed by atoms with van der Waals surface area (Å²) in [4.78, 5) is 34.9. The molecule has 0 unspecified atom stereocenters. The van der Waals surface area contributed by atoms with Crippen molar-refractivity contribution in [2.24, 2.45) is 0 Å². The first kappa shape index (κ1) is 18.0. The second-order valence-electron chi connectivity index (χ2n) is 6.82. The zero-order valence-electron chi connectivity index (χ0n) is 15.1. The molecule has 0 bridgehead atoms. The third-order valence-electron chi connectivity index (χ3n) is 4.78. The van der Waals surface area contributed by atoms with Crippen molar-refractivity contribution in [3.05, 3.63) is 71.9 Å². The fourth-order valence-electron chi connectivity index (χ4n) is 3.38. The van der Waals surface area contributed by atoms with Gasteiger partial charge in [-0.1, -0.05) is 24.3 Å². The Bertz CT molecular complexity index is 1030. The Labute approximate surface area is 161 Å². The minimum absolute atomic E-state index is 0.0128. The van der Waals surface area contributed by atoms with Gasteiger partial charge >= 0.3 is 0 Å². The molecule has 0 spiro atoms. The summed E-state index contributed by atoms with van der Waals surface area (Å²) in [6.07, 6.45) is 2.79. The van der Waals surface area contributed by atoms with Gasteiger partial charge in [0.15, 0.2) is 0 Å². The van der Waals surface area contributed by atoms with Gasteiger partial charge in [-0.3, -0.25) is 14.6 Å². The van der Waals surface area contributed by atoms with Gasteiger partial charge < -0.3 is 10.2 Å². The van der Waals surface area contributed by atoms with Crippen LogP contribution in [-0.2, 0) is 11.3 Å². The number of aromatic nitrogens is 2. The van der Waals surface area contributed by atoms with E-state index < -0.39 is 5.82 Å². The summed E-state index contributed by atoms with van der Waals surface area (Å²) in [5.74, 6) is -0.801. The smallest absolute Gasteiger partial charge is 0.272 e. The molecule has 1 aliphatic rings. The molecule has 1 fully saturated rings. The first-order valence-electron chi connectivity index (χ1n) is 9.14. The average molecular weight is 378 g/mol. The number of benzene rings is 1. The highest BCUT2D eigenvalue weighted by atomic mass is 19.1. The van der Waals surface area contributed by atoms with Crippen LogP contribution >= 0.6 is 0 Å². The molecule has 7 heteroatoms. The van der Waals surface area contributed by atoms with Crippen molar-refractivity contribution in [1.29, 1.82) is 0 Å². The number of fused-ring (bicyclic) bond motifs is 1. The summed E-state index contributed by atoms with van der Waals surface area (Å²) in [5.41, 5.74) is 1.06. The summed E-state index contributed by atoms with van der Waals surface area (Å²) in [7, 11) is 0. The summed E-state index contributed by atoms with van der Waals surface area (Å²) in [6, 6.07) is 13.3. The van der Waals surface area contributed by atoms with E-state index in [9.17, 15) is 14.0 Å². The van der Waals surface area contributed by atoms with Crippen molar-refractivity contribution in [1.82, 2.24) is 20.2 Å². The van der Waals surface area contributed by atoms with Gasteiger partial charge in [0.25, 0.3) is 5.91 Å². The Morgan fingerprint density at radius 3 is 2.82 bits per heavy atom. The Hall–Kier alpha value is -3.35. The lowest BCUT2D eigenvalue weighted by Gasteiger charge is -2.25. The van der Waals surface area contributed by atoms with Crippen LogP contribution < -0.4 is 5.32 Å². The number of rotatable bonds is 5. The predicted octanol–water partition coefficient (Wildman–Crippen LogP) is 2.69. The van der Waals surface area contributed by atoms with E-state index in [1.807, 2.05) is 12.1 Å². The van der Waals surface area contributed by atoms with Gasteiger partial charge in [0, 0.05) is 30.6 Å². The van der Waals surface area contributed by atoms with Crippen molar-refractivity contribution >= 4 is 22.7 Å². The molecule has 0 radical (unpaired) electrons. The summed E-state index contributed by atoms with van der Waals surface area (Å²) in [6.45, 7) is 0.626. The molecular formula is C21H19FN4O2. The zero-order chi connectivity index (χ0) is 19.5. The van der Waals surface area contributed by atoms with Crippen LogP contribution in [-0.4, -0.2) is 39.3 Å². The minimum Gasteiger partial charge on any atom is -0.352 e. The monoisotopic (exact) mass is 378 g/mol. The molecule has 142 valence electrons. The fraction of sp³-hybridized carbons (Fsp3) is 0.238. The lowest BCUT2D eigenvalue weighted by molar-refractivity contribution is -0.119. The molecule has 3 heterocycles. The van der Waals surface area contributed by atoms with Crippen LogP contribution in [0, 0.1) is 5.82 Å². The van der Waals surface area contributed by atoms with E-state index in [4.69, 9.17) is 0 Å². The van der Waals surface area contributed by atoms with Crippen molar-refractivity contribution < 1.29 is 14.0 Å². The topological polar surface area (TPSA) is 75.2 Å². The highest BCUT2D eigenvalue weighted by Crippen LogP contribution is 2.18. The number of para-hydroxylation sites is 1. The van der Waals surface area contributed by atoms with Gasteiger partial charge in [-0.15, -0.1) is 0 Å². The van der Waals surface area contributed by atoms with E-state index in [0.717, 1.165) is 5.69 Å². The third-order valence-corrected chi connectivity index (χ3v) is 4.78. The number of nitrogens with zero attached hydrogens (tertiary/aromatic N) is 3. The van der Waals surface area contributed by atoms with Crippen molar-refractivity contribution in [3.63, 3.8) is 0 Å². The molecule has 0 saturated carbocycles. The highest BCUT2D eigenvalue weighted by molar-refractivity contribution is 5.95. The van der Waals surface area contributed by atoms with Crippen molar-refractivity contribution in [3.8, 4) is 0 Å². The van der Waals surface area contributed by atoms with Crippen LogP contribution in [0.1, 0.15) is 29.0 Å². The van der Waals surface area contributed by atoms with Crippen molar-refractivity contribution in [2.45, 2.75) is 25.4 Å². The van der Waals surface area contributed by atoms with Gasteiger partial charge in [-0.05, 0) is 30.7 Å². The number of carbonyl (C=O) groups is 2. The van der Waals surface area contributed by atoms with E-state index in [-0.39, 0.29) is 35.6 Å². The van der Waals surface area contributed by atoms with Crippen LogP contribution in [0.15, 0.2) is 54.7 Å². The maximum Gasteiger partial charge on any atom is 0.272 e. The molecule has 1 aliphatic heterocycles. The fourth-order valence-corrected chi connectivity index (χ4v) is 3.38. The normalized spacial score (nSPS) is 16.2. The molecule has 4 rings (SSSR count). The number of hydrogen-bond acceptors (Lipinski definition) is 4. The van der Waals surface area contributed by atoms with Crippen LogP contribution in [0.3, 0.4) is 0 Å². The zero-order valence-corrected chi connectivity index (χ0v) is 15.1. The van der Waals surface area contributed by atoms with Gasteiger partial charge in [0.2, 0.25) is 5.91 Å². The average Bonchev–Trinajstić information content (AvgIpc) is 3.12.